The SMILES string of the molecule is CCC(C)C(C)NC(=O)c1cc(S(=O)(=O)Cl)c(Br)o1. The topological polar surface area (TPSA) is 76.4 Å². The molecule has 0 radical (unpaired) electrons. The highest BCUT2D eigenvalue weighted by Crippen LogP contribution is 2.28. The van der Waals surface area contributed by atoms with Crippen molar-refractivity contribution in [2.24, 2.45) is 5.92 Å². The molecule has 5 nitrogen and oxygen atoms in total. The van der Waals surface area contributed by atoms with Gasteiger partial charge in [0.1, 0.15) is 4.90 Å². The first-order chi connectivity index (χ1) is 8.66. The first-order valence-electron chi connectivity index (χ1n) is 5.71. The maximum atomic E-state index is 11.9. The Morgan fingerprint density at radius 1 is 1.53 bits per heavy atom. The Morgan fingerprint density at radius 2 is 2.11 bits per heavy atom. The van der Waals surface area contributed by atoms with Crippen molar-refractivity contribution in [3.05, 3.63) is 16.5 Å². The van der Waals surface area contributed by atoms with Crippen LogP contribution in [0.3, 0.4) is 0 Å². The lowest BCUT2D eigenvalue weighted by Gasteiger charge is -2.18. The molecule has 1 amide bonds. The quantitative estimate of drug-likeness (QED) is 0.806. The van der Waals surface area contributed by atoms with Crippen LogP contribution < -0.4 is 5.32 Å². The number of rotatable bonds is 5. The Balaban J connectivity index is 2.91. The van der Waals surface area contributed by atoms with Gasteiger partial charge in [-0.25, -0.2) is 8.42 Å². The molecule has 0 spiro atoms. The van der Waals surface area contributed by atoms with E-state index in [4.69, 9.17) is 15.1 Å². The molecule has 1 heterocycles. The molecular weight excluding hydrogens is 358 g/mol. The largest absolute Gasteiger partial charge is 0.443 e. The van der Waals surface area contributed by atoms with Crippen molar-refractivity contribution in [3.63, 3.8) is 0 Å². The molecule has 1 rings (SSSR count). The summed E-state index contributed by atoms with van der Waals surface area (Å²) in [6.45, 7) is 5.91. The summed E-state index contributed by atoms with van der Waals surface area (Å²) in [5.74, 6) is -0.264. The van der Waals surface area contributed by atoms with Gasteiger partial charge in [0.15, 0.2) is 10.4 Å². The van der Waals surface area contributed by atoms with Crippen molar-refractivity contribution in [3.8, 4) is 0 Å². The summed E-state index contributed by atoms with van der Waals surface area (Å²) in [7, 11) is 1.27. The number of carbonyl (C=O) groups excluding carboxylic acids is 1. The molecule has 0 aliphatic carbocycles. The van der Waals surface area contributed by atoms with Crippen LogP contribution in [0.25, 0.3) is 0 Å². The predicted molar refractivity (Wildman–Crippen MR) is 75.8 cm³/mol. The zero-order valence-electron chi connectivity index (χ0n) is 10.7. The van der Waals surface area contributed by atoms with Gasteiger partial charge in [0.05, 0.1) is 0 Å². The molecule has 0 fully saturated rings. The van der Waals surface area contributed by atoms with Gasteiger partial charge in [0.2, 0.25) is 0 Å². The van der Waals surface area contributed by atoms with Gasteiger partial charge in [-0.05, 0) is 28.8 Å². The van der Waals surface area contributed by atoms with Crippen molar-refractivity contribution in [2.45, 2.75) is 38.1 Å². The van der Waals surface area contributed by atoms with E-state index in [2.05, 4.69) is 21.2 Å². The fraction of sp³-hybridized carbons (Fsp3) is 0.545. The van der Waals surface area contributed by atoms with E-state index in [0.717, 1.165) is 12.5 Å². The van der Waals surface area contributed by atoms with E-state index in [-0.39, 0.29) is 21.4 Å². The van der Waals surface area contributed by atoms with E-state index in [0.29, 0.717) is 5.92 Å². The minimum Gasteiger partial charge on any atom is -0.443 e. The molecule has 2 unspecified atom stereocenters. The fourth-order valence-electron chi connectivity index (χ4n) is 1.40. The number of hydrogen-bond donors (Lipinski definition) is 1. The molecule has 0 aliphatic heterocycles. The number of furan rings is 1. The van der Waals surface area contributed by atoms with E-state index in [9.17, 15) is 13.2 Å². The summed E-state index contributed by atoms with van der Waals surface area (Å²) in [6, 6.07) is 1.06. The highest BCUT2D eigenvalue weighted by Gasteiger charge is 2.24. The molecule has 108 valence electrons. The third kappa shape index (κ3) is 4.22. The summed E-state index contributed by atoms with van der Waals surface area (Å²) in [6.07, 6.45) is 0.921. The molecule has 0 bridgehead atoms. The number of hydrogen-bond acceptors (Lipinski definition) is 4. The van der Waals surface area contributed by atoms with Crippen LogP contribution in [0.1, 0.15) is 37.7 Å². The van der Waals surface area contributed by atoms with Crippen LogP contribution in [0.5, 0.6) is 0 Å². The zero-order valence-corrected chi connectivity index (χ0v) is 13.9. The van der Waals surface area contributed by atoms with Crippen LogP contribution in [0.2, 0.25) is 0 Å². The van der Waals surface area contributed by atoms with E-state index in [1.54, 1.807) is 0 Å². The Kier molecular flexibility index (Phi) is 5.46. The van der Waals surface area contributed by atoms with Crippen molar-refractivity contribution in [1.29, 1.82) is 0 Å². The van der Waals surface area contributed by atoms with Crippen LogP contribution in [0.15, 0.2) is 20.0 Å². The Bertz CT molecular complexity index is 569. The van der Waals surface area contributed by atoms with Gasteiger partial charge >= 0.3 is 0 Å². The van der Waals surface area contributed by atoms with Crippen LogP contribution in [-0.2, 0) is 9.05 Å². The van der Waals surface area contributed by atoms with Crippen LogP contribution in [0, 0.1) is 5.92 Å². The predicted octanol–water partition coefficient (Wildman–Crippen LogP) is 3.13. The van der Waals surface area contributed by atoms with Gasteiger partial charge in [0, 0.05) is 22.8 Å². The Labute approximate surface area is 125 Å². The first kappa shape index (κ1) is 16.5. The van der Waals surface area contributed by atoms with Gasteiger partial charge < -0.3 is 9.73 Å². The molecule has 1 aromatic rings. The van der Waals surface area contributed by atoms with Crippen LogP contribution in [-0.4, -0.2) is 20.4 Å². The van der Waals surface area contributed by atoms with Crippen molar-refractivity contribution >= 4 is 41.6 Å². The zero-order chi connectivity index (χ0) is 14.8. The second kappa shape index (κ2) is 6.28. The molecule has 8 heteroatoms. The molecule has 2 atom stereocenters. The van der Waals surface area contributed by atoms with Crippen molar-refractivity contribution < 1.29 is 17.6 Å². The molecule has 0 aliphatic rings. The highest BCUT2D eigenvalue weighted by atomic mass is 79.9. The number of halogens is 2. The van der Waals surface area contributed by atoms with E-state index in [1.165, 1.54) is 0 Å². The van der Waals surface area contributed by atoms with Crippen LogP contribution >= 0.6 is 26.6 Å². The first-order valence-corrected chi connectivity index (χ1v) is 8.81. The molecule has 0 saturated carbocycles. The maximum Gasteiger partial charge on any atom is 0.287 e. The van der Waals surface area contributed by atoms with E-state index >= 15 is 0 Å². The monoisotopic (exact) mass is 371 g/mol. The number of amides is 1. The molecule has 19 heavy (non-hydrogen) atoms. The minimum atomic E-state index is -3.94. The fourth-order valence-corrected chi connectivity index (χ4v) is 3.44. The summed E-state index contributed by atoms with van der Waals surface area (Å²) < 4.78 is 27.4. The average Bonchev–Trinajstić information content (AvgIpc) is 2.69. The maximum absolute atomic E-state index is 11.9. The normalized spacial score (nSPS) is 15.0. The lowest BCUT2D eigenvalue weighted by molar-refractivity contribution is 0.0898. The average molecular weight is 373 g/mol. The number of nitrogens with one attached hydrogen (secondary N) is 1. The second-order valence-electron chi connectivity index (χ2n) is 4.33. The highest BCUT2D eigenvalue weighted by molar-refractivity contribution is 9.10. The lowest BCUT2D eigenvalue weighted by Crippen LogP contribution is -2.36. The molecular formula is C11H15BrClNO4S. The van der Waals surface area contributed by atoms with E-state index in [1.807, 2.05) is 20.8 Å². The van der Waals surface area contributed by atoms with Gasteiger partial charge in [-0.3, -0.25) is 4.79 Å². The van der Waals surface area contributed by atoms with Gasteiger partial charge in [0.25, 0.3) is 15.0 Å². The minimum absolute atomic E-state index is 0.0440. The summed E-state index contributed by atoms with van der Waals surface area (Å²) >= 11 is 2.92. The second-order valence-corrected chi connectivity index (χ2v) is 7.59. The summed E-state index contributed by atoms with van der Waals surface area (Å²) in [5.41, 5.74) is 0. The van der Waals surface area contributed by atoms with Crippen molar-refractivity contribution in [1.82, 2.24) is 5.32 Å². The molecule has 0 aromatic carbocycles. The smallest absolute Gasteiger partial charge is 0.287 e. The van der Waals surface area contributed by atoms with Crippen molar-refractivity contribution in [2.75, 3.05) is 0 Å². The van der Waals surface area contributed by atoms with Gasteiger partial charge in [-0.15, -0.1) is 0 Å². The summed E-state index contributed by atoms with van der Waals surface area (Å²) in [5, 5.41) is 2.75. The number of carbonyl (C=O) groups is 1. The summed E-state index contributed by atoms with van der Waals surface area (Å²) in [4.78, 5) is 11.7. The third-order valence-corrected chi connectivity index (χ3v) is 5.18. The third-order valence-electron chi connectivity index (χ3n) is 3.00. The molecule has 1 N–H and O–H groups in total. The van der Waals surface area contributed by atoms with Crippen LogP contribution in [0.4, 0.5) is 0 Å². The molecule has 0 saturated heterocycles. The Morgan fingerprint density at radius 3 is 2.53 bits per heavy atom. The Hall–Kier alpha value is -0.530. The standard InChI is InChI=1S/C11H15BrClNO4S/c1-4-6(2)7(3)14-11(15)8-5-9(10(12)18-8)19(13,16)17/h5-7H,4H2,1-3H3,(H,14,15). The van der Waals surface area contributed by atoms with Gasteiger partial charge in [-0.1, -0.05) is 20.3 Å². The lowest BCUT2D eigenvalue weighted by atomic mass is 10.0. The van der Waals surface area contributed by atoms with Gasteiger partial charge in [-0.2, -0.15) is 0 Å². The van der Waals surface area contributed by atoms with E-state index < -0.39 is 15.0 Å². The molecule has 1 aromatic heterocycles.